The second kappa shape index (κ2) is 10.8. The van der Waals surface area contributed by atoms with E-state index in [0.29, 0.717) is 16.5 Å². The Morgan fingerprint density at radius 2 is 1.70 bits per heavy atom. The van der Waals surface area contributed by atoms with Crippen LogP contribution < -0.4 is 20.8 Å². The second-order valence-corrected chi connectivity index (χ2v) is 7.02. The number of hydrazone groups is 1. The molecule has 0 radical (unpaired) electrons. The lowest BCUT2D eigenvalue weighted by molar-refractivity contribution is -0.136. The fraction of sp³-hybridized carbons (Fsp3) is 0.0435. The second-order valence-electron chi connectivity index (χ2n) is 6.58. The molecule has 0 aliphatic rings. The number of methoxy groups -OCH3 is 1. The maximum Gasteiger partial charge on any atom is 0.329 e. The molecule has 4 N–H and O–H groups in total. The summed E-state index contributed by atoms with van der Waals surface area (Å²) in [5, 5.41) is 19.1. The topological polar surface area (TPSA) is 129 Å². The molecule has 3 amide bonds. The third-order valence-corrected chi connectivity index (χ3v) is 4.58. The van der Waals surface area contributed by atoms with Crippen LogP contribution in [0.1, 0.15) is 15.9 Å². The molecule has 0 atom stereocenters. The third-order valence-electron chi connectivity index (χ3n) is 4.33. The van der Waals surface area contributed by atoms with Gasteiger partial charge in [-0.1, -0.05) is 23.7 Å². The first-order valence-electron chi connectivity index (χ1n) is 9.54. The van der Waals surface area contributed by atoms with Gasteiger partial charge in [0.05, 0.1) is 24.6 Å². The lowest BCUT2D eigenvalue weighted by Crippen LogP contribution is -2.33. The molecule has 0 unspecified atom stereocenters. The average molecular weight is 467 g/mol. The number of phenols is 1. The highest BCUT2D eigenvalue weighted by atomic mass is 35.5. The fourth-order valence-corrected chi connectivity index (χ4v) is 2.80. The summed E-state index contributed by atoms with van der Waals surface area (Å²) in [4.78, 5) is 37.0. The molecule has 9 nitrogen and oxygen atoms in total. The number of amides is 3. The van der Waals surface area contributed by atoms with E-state index in [-0.39, 0.29) is 22.6 Å². The minimum absolute atomic E-state index is 0.0844. The fourth-order valence-electron chi connectivity index (χ4n) is 2.68. The van der Waals surface area contributed by atoms with Crippen molar-refractivity contribution < 1.29 is 24.2 Å². The SMILES string of the molecule is COc1ccc(O)c(C=NNC(=O)C(=O)Nc2ccccc2C(=O)Nc2ccc(Cl)cc2)c1. The number of hydrogen-bond acceptors (Lipinski definition) is 6. The van der Waals surface area contributed by atoms with Crippen molar-refractivity contribution in [3.8, 4) is 11.5 Å². The molecule has 0 fully saturated rings. The summed E-state index contributed by atoms with van der Waals surface area (Å²) in [5.41, 5.74) is 3.14. The van der Waals surface area contributed by atoms with Crippen LogP contribution >= 0.6 is 11.6 Å². The van der Waals surface area contributed by atoms with E-state index in [1.165, 1.54) is 31.4 Å². The Hall–Kier alpha value is -4.37. The molecule has 0 bridgehead atoms. The first-order valence-corrected chi connectivity index (χ1v) is 9.92. The summed E-state index contributed by atoms with van der Waals surface area (Å²) >= 11 is 5.84. The molecule has 0 heterocycles. The molecule has 10 heteroatoms. The number of carbonyl (C=O) groups excluding carboxylic acids is 3. The van der Waals surface area contributed by atoms with E-state index in [1.807, 2.05) is 0 Å². The minimum Gasteiger partial charge on any atom is -0.507 e. The third kappa shape index (κ3) is 6.31. The van der Waals surface area contributed by atoms with Gasteiger partial charge in [-0.15, -0.1) is 0 Å². The van der Waals surface area contributed by atoms with Crippen molar-refractivity contribution in [3.05, 3.63) is 82.9 Å². The zero-order valence-electron chi connectivity index (χ0n) is 17.3. The van der Waals surface area contributed by atoms with Crippen LogP contribution in [-0.4, -0.2) is 36.2 Å². The van der Waals surface area contributed by atoms with Crippen molar-refractivity contribution in [1.29, 1.82) is 0 Å². The van der Waals surface area contributed by atoms with Crippen LogP contribution in [0.25, 0.3) is 0 Å². The van der Waals surface area contributed by atoms with E-state index in [0.717, 1.165) is 6.21 Å². The van der Waals surface area contributed by atoms with Crippen LogP contribution in [0.2, 0.25) is 5.02 Å². The molecule has 0 saturated carbocycles. The van der Waals surface area contributed by atoms with Gasteiger partial charge < -0.3 is 20.5 Å². The molecule has 3 rings (SSSR count). The Kier molecular flexibility index (Phi) is 7.61. The summed E-state index contributed by atoms with van der Waals surface area (Å²) in [7, 11) is 1.47. The average Bonchev–Trinajstić information content (AvgIpc) is 2.82. The number of hydrogen-bond donors (Lipinski definition) is 4. The number of benzene rings is 3. The van der Waals surface area contributed by atoms with Gasteiger partial charge in [0.1, 0.15) is 11.5 Å². The van der Waals surface area contributed by atoms with Gasteiger partial charge in [-0.05, 0) is 54.6 Å². The van der Waals surface area contributed by atoms with Crippen molar-refractivity contribution in [2.45, 2.75) is 0 Å². The van der Waals surface area contributed by atoms with Crippen LogP contribution in [0.5, 0.6) is 11.5 Å². The van der Waals surface area contributed by atoms with E-state index in [1.54, 1.807) is 42.5 Å². The quantitative estimate of drug-likeness (QED) is 0.251. The number of ether oxygens (including phenoxy) is 1. The zero-order valence-corrected chi connectivity index (χ0v) is 18.1. The lowest BCUT2D eigenvalue weighted by atomic mass is 10.1. The molecule has 0 aliphatic heterocycles. The van der Waals surface area contributed by atoms with Gasteiger partial charge in [0.15, 0.2) is 0 Å². The molecular weight excluding hydrogens is 448 g/mol. The van der Waals surface area contributed by atoms with Crippen molar-refractivity contribution in [2.75, 3.05) is 17.7 Å². The Balaban J connectivity index is 1.64. The predicted molar refractivity (Wildman–Crippen MR) is 125 cm³/mol. The molecular formula is C23H19ClN4O5. The Labute approximate surface area is 194 Å². The standard InChI is InChI=1S/C23H19ClN4O5/c1-33-17-10-11-20(29)14(12-17)13-25-28-23(32)22(31)27-19-5-3-2-4-18(19)21(30)26-16-8-6-15(24)7-9-16/h2-13,29H,1H3,(H,26,30)(H,27,31)(H,28,32). The summed E-state index contributed by atoms with van der Waals surface area (Å²) in [6, 6.07) is 17.2. The number of nitrogens with one attached hydrogen (secondary N) is 3. The Bertz CT molecular complexity index is 1210. The predicted octanol–water partition coefficient (Wildman–Crippen LogP) is 3.40. The number of phenolic OH excluding ortho intramolecular Hbond substituents is 1. The van der Waals surface area contributed by atoms with Gasteiger partial charge in [0.2, 0.25) is 0 Å². The highest BCUT2D eigenvalue weighted by Crippen LogP contribution is 2.21. The van der Waals surface area contributed by atoms with E-state index in [4.69, 9.17) is 16.3 Å². The molecule has 168 valence electrons. The van der Waals surface area contributed by atoms with E-state index in [2.05, 4.69) is 21.2 Å². The van der Waals surface area contributed by atoms with E-state index in [9.17, 15) is 19.5 Å². The van der Waals surface area contributed by atoms with Gasteiger partial charge in [-0.3, -0.25) is 14.4 Å². The lowest BCUT2D eigenvalue weighted by Gasteiger charge is -2.11. The molecule has 0 spiro atoms. The molecule has 33 heavy (non-hydrogen) atoms. The zero-order chi connectivity index (χ0) is 23.8. The number of aromatic hydroxyl groups is 1. The van der Waals surface area contributed by atoms with Gasteiger partial charge >= 0.3 is 11.8 Å². The van der Waals surface area contributed by atoms with E-state index >= 15 is 0 Å². The number of para-hydroxylation sites is 1. The minimum atomic E-state index is -1.07. The summed E-state index contributed by atoms with van der Waals surface area (Å²) in [6.45, 7) is 0. The summed E-state index contributed by atoms with van der Waals surface area (Å²) < 4.78 is 5.05. The van der Waals surface area contributed by atoms with Gasteiger partial charge in [0, 0.05) is 16.3 Å². The number of anilines is 2. The Morgan fingerprint density at radius 1 is 0.970 bits per heavy atom. The smallest absolute Gasteiger partial charge is 0.329 e. The van der Waals surface area contributed by atoms with Crippen molar-refractivity contribution in [1.82, 2.24) is 5.43 Å². The van der Waals surface area contributed by atoms with Gasteiger partial charge in [-0.2, -0.15) is 5.10 Å². The van der Waals surface area contributed by atoms with Crippen LogP contribution in [0.3, 0.4) is 0 Å². The van der Waals surface area contributed by atoms with Crippen molar-refractivity contribution >= 4 is 46.9 Å². The normalized spacial score (nSPS) is 10.5. The van der Waals surface area contributed by atoms with Crippen LogP contribution in [-0.2, 0) is 9.59 Å². The number of carbonyl (C=O) groups is 3. The van der Waals surface area contributed by atoms with Gasteiger partial charge in [0.25, 0.3) is 5.91 Å². The molecule has 3 aromatic rings. The number of rotatable bonds is 6. The maximum atomic E-state index is 12.6. The van der Waals surface area contributed by atoms with Crippen LogP contribution in [0, 0.1) is 0 Å². The monoisotopic (exact) mass is 466 g/mol. The highest BCUT2D eigenvalue weighted by Gasteiger charge is 2.18. The van der Waals surface area contributed by atoms with Crippen molar-refractivity contribution in [3.63, 3.8) is 0 Å². The van der Waals surface area contributed by atoms with E-state index < -0.39 is 17.7 Å². The summed E-state index contributed by atoms with van der Waals surface area (Å²) in [5.74, 6) is -2.19. The first-order chi connectivity index (χ1) is 15.9. The molecule has 0 saturated heterocycles. The van der Waals surface area contributed by atoms with Crippen LogP contribution in [0.15, 0.2) is 71.8 Å². The first kappa shape index (κ1) is 23.3. The number of nitrogens with zero attached hydrogens (tertiary/aromatic N) is 1. The molecule has 0 aliphatic carbocycles. The largest absolute Gasteiger partial charge is 0.507 e. The highest BCUT2D eigenvalue weighted by molar-refractivity contribution is 6.40. The maximum absolute atomic E-state index is 12.6. The van der Waals surface area contributed by atoms with Gasteiger partial charge in [-0.25, -0.2) is 5.43 Å². The summed E-state index contributed by atoms with van der Waals surface area (Å²) in [6.07, 6.45) is 1.16. The molecule has 0 aromatic heterocycles. The molecule has 3 aromatic carbocycles. The van der Waals surface area contributed by atoms with Crippen molar-refractivity contribution in [2.24, 2.45) is 5.10 Å². The Morgan fingerprint density at radius 3 is 2.42 bits per heavy atom. The number of halogens is 1. The van der Waals surface area contributed by atoms with Crippen LogP contribution in [0.4, 0.5) is 11.4 Å².